The minimum absolute atomic E-state index is 0.530. The first kappa shape index (κ1) is 13.9. The Morgan fingerprint density at radius 3 is 2.88 bits per heavy atom. The van der Waals surface area contributed by atoms with Crippen molar-refractivity contribution >= 4 is 0 Å². The van der Waals surface area contributed by atoms with E-state index in [2.05, 4.69) is 17.1 Å². The summed E-state index contributed by atoms with van der Waals surface area (Å²) in [5, 5.41) is 13.4. The second kappa shape index (κ2) is 7.22. The largest absolute Gasteiger partial charge is 0.387 e. The summed E-state index contributed by atoms with van der Waals surface area (Å²) >= 11 is 0. The second-order valence-corrected chi connectivity index (χ2v) is 4.85. The van der Waals surface area contributed by atoms with E-state index >= 15 is 0 Å². The SMILES string of the molecule is CCCCOCCN(C)CC1(O)CCNC1. The van der Waals surface area contributed by atoms with Crippen LogP contribution in [0.1, 0.15) is 26.2 Å². The number of likely N-dealkylation sites (N-methyl/N-ethyl adjacent to an activating group) is 1. The first-order valence-electron chi connectivity index (χ1n) is 6.36. The summed E-state index contributed by atoms with van der Waals surface area (Å²) in [6.07, 6.45) is 3.17. The van der Waals surface area contributed by atoms with Crippen molar-refractivity contribution in [1.82, 2.24) is 10.2 Å². The summed E-state index contributed by atoms with van der Waals surface area (Å²) in [7, 11) is 2.04. The molecule has 4 nitrogen and oxygen atoms in total. The molecule has 0 aromatic carbocycles. The third-order valence-electron chi connectivity index (χ3n) is 3.04. The predicted octanol–water partition coefficient (Wildman–Crippen LogP) is 0.459. The number of hydrogen-bond acceptors (Lipinski definition) is 4. The molecule has 1 saturated heterocycles. The molecule has 2 N–H and O–H groups in total. The molecule has 1 atom stereocenters. The van der Waals surface area contributed by atoms with Gasteiger partial charge in [-0.05, 0) is 26.4 Å². The summed E-state index contributed by atoms with van der Waals surface area (Å²) in [4.78, 5) is 2.15. The molecule has 16 heavy (non-hydrogen) atoms. The van der Waals surface area contributed by atoms with Crippen molar-refractivity contribution < 1.29 is 9.84 Å². The zero-order valence-electron chi connectivity index (χ0n) is 10.7. The molecule has 4 heteroatoms. The normalized spacial score (nSPS) is 25.5. The Labute approximate surface area is 99.0 Å². The van der Waals surface area contributed by atoms with Crippen molar-refractivity contribution in [3.05, 3.63) is 0 Å². The average molecular weight is 230 g/mol. The highest BCUT2D eigenvalue weighted by atomic mass is 16.5. The van der Waals surface area contributed by atoms with E-state index in [9.17, 15) is 5.11 Å². The molecule has 0 bridgehead atoms. The fourth-order valence-corrected chi connectivity index (χ4v) is 2.02. The van der Waals surface area contributed by atoms with Gasteiger partial charge in [0, 0.05) is 26.2 Å². The van der Waals surface area contributed by atoms with E-state index in [-0.39, 0.29) is 0 Å². The van der Waals surface area contributed by atoms with Crippen molar-refractivity contribution in [1.29, 1.82) is 0 Å². The van der Waals surface area contributed by atoms with Gasteiger partial charge in [-0.1, -0.05) is 13.3 Å². The number of rotatable bonds is 8. The molecule has 1 unspecified atom stereocenters. The monoisotopic (exact) mass is 230 g/mol. The summed E-state index contributed by atoms with van der Waals surface area (Å²) < 4.78 is 5.50. The number of hydrogen-bond donors (Lipinski definition) is 2. The van der Waals surface area contributed by atoms with Gasteiger partial charge in [0.1, 0.15) is 0 Å². The number of aliphatic hydroxyl groups is 1. The van der Waals surface area contributed by atoms with Gasteiger partial charge in [0.15, 0.2) is 0 Å². The molecule has 96 valence electrons. The second-order valence-electron chi connectivity index (χ2n) is 4.85. The molecule has 1 heterocycles. The Bertz CT molecular complexity index is 182. The zero-order chi connectivity index (χ0) is 11.9. The van der Waals surface area contributed by atoms with Gasteiger partial charge in [0.2, 0.25) is 0 Å². The summed E-state index contributed by atoms with van der Waals surface area (Å²) in [5.74, 6) is 0. The molecular formula is C12H26N2O2. The van der Waals surface area contributed by atoms with Crippen molar-refractivity contribution in [3.8, 4) is 0 Å². The molecule has 1 aliphatic heterocycles. The predicted molar refractivity (Wildman–Crippen MR) is 65.7 cm³/mol. The van der Waals surface area contributed by atoms with Gasteiger partial charge in [-0.25, -0.2) is 0 Å². The van der Waals surface area contributed by atoms with E-state index in [0.717, 1.165) is 45.7 Å². The molecule has 0 aromatic rings. The number of nitrogens with zero attached hydrogens (tertiary/aromatic N) is 1. The van der Waals surface area contributed by atoms with Crippen LogP contribution >= 0.6 is 0 Å². The molecule has 0 radical (unpaired) electrons. The van der Waals surface area contributed by atoms with Crippen LogP contribution in [0, 0.1) is 0 Å². The van der Waals surface area contributed by atoms with Gasteiger partial charge in [0.25, 0.3) is 0 Å². The van der Waals surface area contributed by atoms with Crippen LogP contribution < -0.4 is 5.32 Å². The van der Waals surface area contributed by atoms with Crippen molar-refractivity contribution in [2.75, 3.05) is 46.4 Å². The maximum atomic E-state index is 10.2. The molecule has 1 rings (SSSR count). The van der Waals surface area contributed by atoms with Crippen LogP contribution in [-0.4, -0.2) is 62.0 Å². The summed E-state index contributed by atoms with van der Waals surface area (Å²) in [6, 6.07) is 0. The van der Waals surface area contributed by atoms with E-state index < -0.39 is 5.60 Å². The molecule has 0 aliphatic carbocycles. The molecule has 1 aliphatic rings. The minimum atomic E-state index is -0.530. The van der Waals surface area contributed by atoms with Crippen molar-refractivity contribution in [2.24, 2.45) is 0 Å². The quantitative estimate of drug-likeness (QED) is 0.595. The van der Waals surface area contributed by atoms with Crippen LogP contribution in [0.4, 0.5) is 0 Å². The lowest BCUT2D eigenvalue weighted by molar-refractivity contribution is 0.0187. The van der Waals surface area contributed by atoms with Gasteiger partial charge in [0.05, 0.1) is 12.2 Å². The highest BCUT2D eigenvalue weighted by molar-refractivity contribution is 4.89. The van der Waals surface area contributed by atoms with Gasteiger partial charge in [-0.15, -0.1) is 0 Å². The van der Waals surface area contributed by atoms with Crippen LogP contribution in [0.25, 0.3) is 0 Å². The lowest BCUT2D eigenvalue weighted by atomic mass is 10.0. The molecule has 0 saturated carbocycles. The van der Waals surface area contributed by atoms with E-state index in [4.69, 9.17) is 4.74 Å². The number of β-amino-alcohol motifs (C(OH)–C–C–N with tert-alkyl or cyclic N) is 1. The van der Waals surface area contributed by atoms with Crippen LogP contribution in [0.5, 0.6) is 0 Å². The molecule has 1 fully saturated rings. The lowest BCUT2D eigenvalue weighted by Crippen LogP contribution is -2.44. The van der Waals surface area contributed by atoms with Crippen molar-refractivity contribution in [2.45, 2.75) is 31.8 Å². The third kappa shape index (κ3) is 5.25. The van der Waals surface area contributed by atoms with E-state index in [1.807, 2.05) is 7.05 Å². The highest BCUT2D eigenvalue weighted by Gasteiger charge is 2.31. The zero-order valence-corrected chi connectivity index (χ0v) is 10.7. The van der Waals surface area contributed by atoms with Gasteiger partial charge >= 0.3 is 0 Å². The van der Waals surface area contributed by atoms with E-state index in [1.165, 1.54) is 6.42 Å². The van der Waals surface area contributed by atoms with Gasteiger partial charge in [-0.3, -0.25) is 0 Å². The minimum Gasteiger partial charge on any atom is -0.387 e. The van der Waals surface area contributed by atoms with Crippen LogP contribution in [0.15, 0.2) is 0 Å². The molecule has 0 spiro atoms. The van der Waals surface area contributed by atoms with Gasteiger partial charge in [-0.2, -0.15) is 0 Å². The Morgan fingerprint density at radius 1 is 1.44 bits per heavy atom. The van der Waals surface area contributed by atoms with Crippen LogP contribution in [-0.2, 0) is 4.74 Å². The number of nitrogens with one attached hydrogen (secondary N) is 1. The fourth-order valence-electron chi connectivity index (χ4n) is 2.02. The van der Waals surface area contributed by atoms with Gasteiger partial charge < -0.3 is 20.1 Å². The first-order chi connectivity index (χ1) is 7.66. The van der Waals surface area contributed by atoms with Crippen LogP contribution in [0.3, 0.4) is 0 Å². The fraction of sp³-hybridized carbons (Fsp3) is 1.00. The summed E-state index contributed by atoms with van der Waals surface area (Å²) in [6.45, 7) is 7.06. The molecule has 0 aromatic heterocycles. The first-order valence-corrected chi connectivity index (χ1v) is 6.36. The molecular weight excluding hydrogens is 204 g/mol. The number of ether oxygens (including phenoxy) is 1. The lowest BCUT2D eigenvalue weighted by Gasteiger charge is -2.27. The smallest absolute Gasteiger partial charge is 0.0909 e. The maximum absolute atomic E-state index is 10.2. The van der Waals surface area contributed by atoms with E-state index in [0.29, 0.717) is 6.54 Å². The molecule has 0 amide bonds. The van der Waals surface area contributed by atoms with Crippen LogP contribution in [0.2, 0.25) is 0 Å². The highest BCUT2D eigenvalue weighted by Crippen LogP contribution is 2.14. The number of unbranched alkanes of at least 4 members (excludes halogenated alkanes) is 1. The summed E-state index contributed by atoms with van der Waals surface area (Å²) in [5.41, 5.74) is -0.530. The van der Waals surface area contributed by atoms with E-state index in [1.54, 1.807) is 0 Å². The topological polar surface area (TPSA) is 44.7 Å². The Kier molecular flexibility index (Phi) is 6.28. The average Bonchev–Trinajstić information content (AvgIpc) is 2.64. The standard InChI is InChI=1S/C12H26N2O2/c1-3-4-8-16-9-7-14(2)11-12(15)5-6-13-10-12/h13,15H,3-11H2,1-2H3. The third-order valence-corrected chi connectivity index (χ3v) is 3.04. The Hall–Kier alpha value is -0.160. The van der Waals surface area contributed by atoms with Crippen molar-refractivity contribution in [3.63, 3.8) is 0 Å². The maximum Gasteiger partial charge on any atom is 0.0909 e. The Balaban J connectivity index is 2.04. The Morgan fingerprint density at radius 2 is 2.25 bits per heavy atom.